The zero-order valence-electron chi connectivity index (χ0n) is 14.5. The average molecular weight is 337 g/mol. The summed E-state index contributed by atoms with van der Waals surface area (Å²) in [6.07, 6.45) is 9.20. The summed E-state index contributed by atoms with van der Waals surface area (Å²) in [4.78, 5) is 27.7. The van der Waals surface area contributed by atoms with Gasteiger partial charge in [0.2, 0.25) is 0 Å². The Morgan fingerprint density at radius 1 is 1.24 bits per heavy atom. The van der Waals surface area contributed by atoms with Gasteiger partial charge < -0.3 is 10.2 Å². The van der Waals surface area contributed by atoms with E-state index in [1.807, 2.05) is 24.0 Å². The number of nitrogens with one attached hydrogen (secondary N) is 1. The molecule has 4 rings (SSSR count). The second kappa shape index (κ2) is 6.78. The third kappa shape index (κ3) is 3.34. The van der Waals surface area contributed by atoms with Crippen molar-refractivity contribution in [2.45, 2.75) is 51.1 Å². The summed E-state index contributed by atoms with van der Waals surface area (Å²) in [5.74, 6) is 1.65. The molecule has 2 aromatic rings. The Hall–Kier alpha value is -2.50. The van der Waals surface area contributed by atoms with Crippen LogP contribution in [0.3, 0.4) is 0 Å². The first kappa shape index (κ1) is 16.0. The SMILES string of the molecule is Cc1nc(NC2CCCC2)cc([C@@H]2CCN2C(=O)c2cccnc2)n1. The smallest absolute Gasteiger partial charge is 0.255 e. The minimum absolute atomic E-state index is 0.0194. The number of aromatic nitrogens is 3. The van der Waals surface area contributed by atoms with Crippen LogP contribution in [0.25, 0.3) is 0 Å². The highest BCUT2D eigenvalue weighted by Gasteiger charge is 2.35. The third-order valence-electron chi connectivity index (χ3n) is 5.10. The van der Waals surface area contributed by atoms with Gasteiger partial charge in [-0.3, -0.25) is 9.78 Å². The Morgan fingerprint density at radius 2 is 2.08 bits per heavy atom. The van der Waals surface area contributed by atoms with Crippen LogP contribution >= 0.6 is 0 Å². The zero-order chi connectivity index (χ0) is 17.2. The van der Waals surface area contributed by atoms with E-state index in [0.717, 1.165) is 30.3 Å². The number of amides is 1. The Morgan fingerprint density at radius 3 is 2.76 bits per heavy atom. The molecule has 0 aromatic carbocycles. The van der Waals surface area contributed by atoms with Gasteiger partial charge in [0.05, 0.1) is 17.3 Å². The third-order valence-corrected chi connectivity index (χ3v) is 5.10. The molecule has 0 radical (unpaired) electrons. The number of likely N-dealkylation sites (tertiary alicyclic amines) is 1. The van der Waals surface area contributed by atoms with Crippen molar-refractivity contribution in [3.05, 3.63) is 47.7 Å². The van der Waals surface area contributed by atoms with Gasteiger partial charge in [0, 0.05) is 31.0 Å². The number of pyridine rings is 1. The van der Waals surface area contributed by atoms with Crippen LogP contribution in [0.15, 0.2) is 30.6 Å². The number of anilines is 1. The molecule has 130 valence electrons. The number of aryl methyl sites for hydroxylation is 1. The fourth-order valence-corrected chi connectivity index (χ4v) is 3.71. The van der Waals surface area contributed by atoms with Gasteiger partial charge in [0.1, 0.15) is 11.6 Å². The van der Waals surface area contributed by atoms with Crippen LogP contribution in [-0.2, 0) is 0 Å². The molecule has 1 amide bonds. The molecule has 3 heterocycles. The lowest BCUT2D eigenvalue weighted by Crippen LogP contribution is -2.45. The Balaban J connectivity index is 1.52. The number of rotatable bonds is 4. The zero-order valence-corrected chi connectivity index (χ0v) is 14.5. The van der Waals surface area contributed by atoms with Crippen LogP contribution < -0.4 is 5.32 Å². The highest BCUT2D eigenvalue weighted by Crippen LogP contribution is 2.34. The number of hydrogen-bond donors (Lipinski definition) is 1. The fourth-order valence-electron chi connectivity index (χ4n) is 3.71. The Bertz CT molecular complexity index is 758. The average Bonchev–Trinajstić information content (AvgIpc) is 3.07. The van der Waals surface area contributed by atoms with Gasteiger partial charge in [-0.25, -0.2) is 9.97 Å². The Labute approximate surface area is 147 Å². The predicted octanol–water partition coefficient (Wildman–Crippen LogP) is 3.12. The molecule has 6 heteroatoms. The molecule has 1 saturated heterocycles. The molecule has 6 nitrogen and oxygen atoms in total. The number of hydrogen-bond acceptors (Lipinski definition) is 5. The molecule has 0 spiro atoms. The molecule has 0 bridgehead atoms. The summed E-state index contributed by atoms with van der Waals surface area (Å²) in [5, 5.41) is 3.54. The van der Waals surface area contributed by atoms with Crippen LogP contribution in [0.1, 0.15) is 60.0 Å². The van der Waals surface area contributed by atoms with Gasteiger partial charge in [0.25, 0.3) is 5.91 Å². The molecule has 25 heavy (non-hydrogen) atoms. The molecule has 0 unspecified atom stereocenters. The lowest BCUT2D eigenvalue weighted by Gasteiger charge is -2.40. The quantitative estimate of drug-likeness (QED) is 0.928. The Kier molecular flexibility index (Phi) is 4.34. The molecular weight excluding hydrogens is 314 g/mol. The minimum atomic E-state index is 0.0194. The van der Waals surface area contributed by atoms with E-state index in [1.165, 1.54) is 25.7 Å². The van der Waals surface area contributed by atoms with Gasteiger partial charge in [-0.15, -0.1) is 0 Å². The van der Waals surface area contributed by atoms with E-state index >= 15 is 0 Å². The van der Waals surface area contributed by atoms with Crippen molar-refractivity contribution in [2.24, 2.45) is 0 Å². The maximum absolute atomic E-state index is 12.7. The molecule has 1 N–H and O–H groups in total. The van der Waals surface area contributed by atoms with Crippen LogP contribution in [-0.4, -0.2) is 38.3 Å². The van der Waals surface area contributed by atoms with Crippen molar-refractivity contribution in [2.75, 3.05) is 11.9 Å². The first-order chi connectivity index (χ1) is 12.2. The molecule has 2 fully saturated rings. The van der Waals surface area contributed by atoms with Crippen LogP contribution in [0.5, 0.6) is 0 Å². The molecule has 1 atom stereocenters. The summed E-state index contributed by atoms with van der Waals surface area (Å²) in [6, 6.07) is 6.15. The van der Waals surface area contributed by atoms with Crippen LogP contribution in [0, 0.1) is 6.92 Å². The highest BCUT2D eigenvalue weighted by atomic mass is 16.2. The second-order valence-electron chi connectivity index (χ2n) is 6.90. The summed E-state index contributed by atoms with van der Waals surface area (Å²) in [7, 11) is 0. The van der Waals surface area contributed by atoms with Gasteiger partial charge >= 0.3 is 0 Å². The number of carbonyl (C=O) groups excluding carboxylic acids is 1. The molecular formula is C19H23N5O. The van der Waals surface area contributed by atoms with E-state index in [-0.39, 0.29) is 11.9 Å². The number of nitrogens with zero attached hydrogens (tertiary/aromatic N) is 4. The summed E-state index contributed by atoms with van der Waals surface area (Å²) >= 11 is 0. The molecule has 2 aliphatic rings. The second-order valence-corrected chi connectivity index (χ2v) is 6.90. The van der Waals surface area contributed by atoms with Crippen molar-refractivity contribution in [1.82, 2.24) is 19.9 Å². The van der Waals surface area contributed by atoms with Crippen molar-refractivity contribution in [1.29, 1.82) is 0 Å². The maximum atomic E-state index is 12.7. The van der Waals surface area contributed by atoms with Gasteiger partial charge in [-0.05, 0) is 38.3 Å². The lowest BCUT2D eigenvalue weighted by molar-refractivity contribution is 0.0450. The van der Waals surface area contributed by atoms with Crippen molar-refractivity contribution < 1.29 is 4.79 Å². The lowest BCUT2D eigenvalue weighted by atomic mass is 9.97. The van der Waals surface area contributed by atoms with Crippen molar-refractivity contribution in [3.63, 3.8) is 0 Å². The standard InChI is InChI=1S/C19H23N5O/c1-13-21-16(11-18(22-13)23-15-6-2-3-7-15)17-8-10-24(17)19(25)14-5-4-9-20-12-14/h4-5,9,11-12,15,17H,2-3,6-8,10H2,1H3,(H,21,22,23)/t17-/m0/s1. The molecule has 1 aliphatic carbocycles. The van der Waals surface area contributed by atoms with E-state index in [0.29, 0.717) is 11.6 Å². The fraction of sp³-hybridized carbons (Fsp3) is 0.474. The number of carbonyl (C=O) groups is 1. The topological polar surface area (TPSA) is 71.0 Å². The van der Waals surface area contributed by atoms with E-state index < -0.39 is 0 Å². The largest absolute Gasteiger partial charge is 0.367 e. The van der Waals surface area contributed by atoms with Crippen molar-refractivity contribution >= 4 is 11.7 Å². The monoisotopic (exact) mass is 337 g/mol. The summed E-state index contributed by atoms with van der Waals surface area (Å²) in [6.45, 7) is 2.67. The minimum Gasteiger partial charge on any atom is -0.367 e. The van der Waals surface area contributed by atoms with E-state index in [1.54, 1.807) is 18.5 Å². The first-order valence-electron chi connectivity index (χ1n) is 9.04. The van der Waals surface area contributed by atoms with E-state index in [4.69, 9.17) is 0 Å². The molecule has 2 aromatic heterocycles. The highest BCUT2D eigenvalue weighted by molar-refractivity contribution is 5.94. The molecule has 1 aliphatic heterocycles. The molecule has 1 saturated carbocycles. The van der Waals surface area contributed by atoms with Crippen molar-refractivity contribution in [3.8, 4) is 0 Å². The predicted molar refractivity (Wildman–Crippen MR) is 95.3 cm³/mol. The van der Waals surface area contributed by atoms with E-state index in [2.05, 4.69) is 20.3 Å². The van der Waals surface area contributed by atoms with Crippen LogP contribution in [0.4, 0.5) is 5.82 Å². The normalized spacial score (nSPS) is 20.4. The van der Waals surface area contributed by atoms with Gasteiger partial charge in [-0.2, -0.15) is 0 Å². The van der Waals surface area contributed by atoms with Gasteiger partial charge in [-0.1, -0.05) is 12.8 Å². The first-order valence-corrected chi connectivity index (χ1v) is 9.04. The summed E-state index contributed by atoms with van der Waals surface area (Å²) in [5.41, 5.74) is 1.55. The summed E-state index contributed by atoms with van der Waals surface area (Å²) < 4.78 is 0. The van der Waals surface area contributed by atoms with E-state index in [9.17, 15) is 4.79 Å². The van der Waals surface area contributed by atoms with Gasteiger partial charge in [0.15, 0.2) is 0 Å². The van der Waals surface area contributed by atoms with Crippen LogP contribution in [0.2, 0.25) is 0 Å². The maximum Gasteiger partial charge on any atom is 0.255 e.